The molecule has 1 heterocycles. The lowest BCUT2D eigenvalue weighted by Crippen LogP contribution is -2.04. The monoisotopic (exact) mass is 288 g/mol. The molecule has 3 N–H and O–H groups in total. The third-order valence-corrected chi connectivity index (χ3v) is 3.33. The van der Waals surface area contributed by atoms with Gasteiger partial charge in [0.15, 0.2) is 0 Å². The highest BCUT2D eigenvalue weighted by atomic mass is 35.5. The zero-order valence-electron chi connectivity index (χ0n) is 10.8. The van der Waals surface area contributed by atoms with Crippen molar-refractivity contribution in [3.05, 3.63) is 46.5 Å². The fourth-order valence-electron chi connectivity index (χ4n) is 2.14. The maximum atomic E-state index is 10.2. The molecule has 102 valence electrons. The first-order valence-corrected chi connectivity index (χ1v) is 6.52. The summed E-state index contributed by atoms with van der Waals surface area (Å²) in [7, 11) is 0. The van der Waals surface area contributed by atoms with Crippen LogP contribution in [0.4, 0.5) is 0 Å². The average molecular weight is 289 g/mol. The van der Waals surface area contributed by atoms with Crippen LogP contribution in [0.1, 0.15) is 11.1 Å². The van der Waals surface area contributed by atoms with Crippen molar-refractivity contribution in [2.75, 3.05) is 0 Å². The minimum Gasteiger partial charge on any atom is -0.505 e. The van der Waals surface area contributed by atoms with Crippen LogP contribution in [0, 0.1) is 6.92 Å². The number of aromatic hydroxyl groups is 1. The topological polar surface area (TPSA) is 77.0 Å². The van der Waals surface area contributed by atoms with E-state index in [1.165, 1.54) is 4.80 Å². The zero-order valence-corrected chi connectivity index (χ0v) is 11.6. The molecule has 0 aliphatic carbocycles. The lowest BCUT2D eigenvalue weighted by atomic mass is 10.1. The summed E-state index contributed by atoms with van der Waals surface area (Å²) < 4.78 is 0. The third-order valence-electron chi connectivity index (χ3n) is 3.09. The summed E-state index contributed by atoms with van der Waals surface area (Å²) in [4.78, 5) is 1.41. The van der Waals surface area contributed by atoms with E-state index < -0.39 is 0 Å². The number of benzene rings is 2. The molecule has 6 heteroatoms. The van der Waals surface area contributed by atoms with E-state index in [-0.39, 0.29) is 12.3 Å². The van der Waals surface area contributed by atoms with E-state index in [0.29, 0.717) is 27.3 Å². The Morgan fingerprint density at radius 1 is 1.20 bits per heavy atom. The molecule has 0 saturated carbocycles. The van der Waals surface area contributed by atoms with Crippen molar-refractivity contribution in [2.45, 2.75) is 13.5 Å². The number of phenols is 1. The van der Waals surface area contributed by atoms with Gasteiger partial charge in [0, 0.05) is 17.1 Å². The van der Waals surface area contributed by atoms with E-state index in [0.717, 1.165) is 5.56 Å². The Kier molecular flexibility index (Phi) is 3.08. The summed E-state index contributed by atoms with van der Waals surface area (Å²) in [6.07, 6.45) is 0. The first kappa shape index (κ1) is 12.9. The highest BCUT2D eigenvalue weighted by molar-refractivity contribution is 6.31. The number of hydrogen-bond acceptors (Lipinski definition) is 4. The van der Waals surface area contributed by atoms with Gasteiger partial charge in [-0.25, -0.2) is 0 Å². The van der Waals surface area contributed by atoms with Crippen molar-refractivity contribution >= 4 is 22.6 Å². The SMILES string of the molecule is Cc1cc(CN)c(O)c(-n2nc3ccc(Cl)cc3n2)c1. The Bertz CT molecular complexity index is 797. The second kappa shape index (κ2) is 4.77. The summed E-state index contributed by atoms with van der Waals surface area (Å²) in [6, 6.07) is 8.94. The molecule has 2 aromatic carbocycles. The van der Waals surface area contributed by atoms with Gasteiger partial charge in [-0.15, -0.1) is 15.0 Å². The summed E-state index contributed by atoms with van der Waals surface area (Å²) >= 11 is 5.94. The molecule has 0 amide bonds. The molecule has 1 aromatic heterocycles. The van der Waals surface area contributed by atoms with Crippen LogP contribution < -0.4 is 5.73 Å². The molecule has 0 radical (unpaired) electrons. The molecule has 0 aliphatic heterocycles. The molecule has 3 aromatic rings. The van der Waals surface area contributed by atoms with Crippen LogP contribution in [0.5, 0.6) is 5.75 Å². The van der Waals surface area contributed by atoms with E-state index in [1.54, 1.807) is 18.2 Å². The summed E-state index contributed by atoms with van der Waals surface area (Å²) in [6.45, 7) is 2.19. The fraction of sp³-hybridized carbons (Fsp3) is 0.143. The number of rotatable bonds is 2. The number of halogens is 1. The normalized spacial score (nSPS) is 11.2. The van der Waals surface area contributed by atoms with Gasteiger partial charge in [0.05, 0.1) is 0 Å². The van der Waals surface area contributed by atoms with Gasteiger partial charge in [-0.05, 0) is 36.8 Å². The smallest absolute Gasteiger partial charge is 0.147 e. The van der Waals surface area contributed by atoms with Gasteiger partial charge in [-0.1, -0.05) is 17.7 Å². The van der Waals surface area contributed by atoms with E-state index in [2.05, 4.69) is 10.2 Å². The number of nitrogens with two attached hydrogens (primary N) is 1. The largest absolute Gasteiger partial charge is 0.505 e. The Morgan fingerprint density at radius 2 is 1.95 bits per heavy atom. The fourth-order valence-corrected chi connectivity index (χ4v) is 2.30. The van der Waals surface area contributed by atoms with Crippen LogP contribution in [-0.4, -0.2) is 20.1 Å². The van der Waals surface area contributed by atoms with Gasteiger partial charge in [0.1, 0.15) is 22.5 Å². The van der Waals surface area contributed by atoms with Crippen LogP contribution in [0.3, 0.4) is 0 Å². The Labute approximate surface area is 120 Å². The second-order valence-corrected chi connectivity index (χ2v) is 5.05. The minimum atomic E-state index is 0.101. The maximum Gasteiger partial charge on any atom is 0.147 e. The standard InChI is InChI=1S/C14H13ClN4O/c1-8-4-9(7-16)14(20)13(5-8)19-17-11-3-2-10(15)6-12(11)18-19/h2-6,20H,7,16H2,1H3. The molecule has 0 aliphatic rings. The molecule has 0 bridgehead atoms. The second-order valence-electron chi connectivity index (χ2n) is 4.62. The number of hydrogen-bond donors (Lipinski definition) is 2. The number of aromatic nitrogens is 3. The van der Waals surface area contributed by atoms with Gasteiger partial charge in [-0.2, -0.15) is 0 Å². The van der Waals surface area contributed by atoms with Crippen LogP contribution in [-0.2, 0) is 6.54 Å². The molecular formula is C14H13ClN4O. The number of aryl methyl sites for hydroxylation is 1. The predicted molar refractivity (Wildman–Crippen MR) is 78.2 cm³/mol. The number of phenolic OH excluding ortho intramolecular Hbond substituents is 1. The highest BCUT2D eigenvalue weighted by Gasteiger charge is 2.13. The molecule has 3 rings (SSSR count). The van der Waals surface area contributed by atoms with Gasteiger partial charge in [-0.3, -0.25) is 0 Å². The minimum absolute atomic E-state index is 0.101. The molecule has 0 spiro atoms. The zero-order chi connectivity index (χ0) is 14.3. The van der Waals surface area contributed by atoms with Crippen molar-refractivity contribution in [1.82, 2.24) is 15.0 Å². The van der Waals surface area contributed by atoms with E-state index in [9.17, 15) is 5.11 Å². The average Bonchev–Trinajstić information content (AvgIpc) is 2.83. The van der Waals surface area contributed by atoms with Gasteiger partial charge in [0.2, 0.25) is 0 Å². The summed E-state index contributed by atoms with van der Waals surface area (Å²) in [5.74, 6) is 0.101. The molecule has 20 heavy (non-hydrogen) atoms. The lowest BCUT2D eigenvalue weighted by Gasteiger charge is -2.09. The molecular weight excluding hydrogens is 276 g/mol. The molecule has 0 fully saturated rings. The van der Waals surface area contributed by atoms with Crippen LogP contribution >= 0.6 is 11.6 Å². The maximum absolute atomic E-state index is 10.2. The van der Waals surface area contributed by atoms with Gasteiger partial charge < -0.3 is 10.8 Å². The van der Waals surface area contributed by atoms with Gasteiger partial charge >= 0.3 is 0 Å². The lowest BCUT2D eigenvalue weighted by molar-refractivity contribution is 0.460. The third kappa shape index (κ3) is 2.11. The number of fused-ring (bicyclic) bond motifs is 1. The quantitative estimate of drug-likeness (QED) is 0.760. The molecule has 5 nitrogen and oxygen atoms in total. The van der Waals surface area contributed by atoms with Crippen molar-refractivity contribution in [1.29, 1.82) is 0 Å². The molecule has 0 saturated heterocycles. The van der Waals surface area contributed by atoms with E-state index in [1.807, 2.05) is 19.1 Å². The van der Waals surface area contributed by atoms with Crippen LogP contribution in [0.25, 0.3) is 16.7 Å². The molecule has 0 atom stereocenters. The van der Waals surface area contributed by atoms with Crippen LogP contribution in [0.15, 0.2) is 30.3 Å². The first-order valence-electron chi connectivity index (χ1n) is 6.14. The van der Waals surface area contributed by atoms with E-state index in [4.69, 9.17) is 17.3 Å². The number of nitrogens with zero attached hydrogens (tertiary/aromatic N) is 3. The van der Waals surface area contributed by atoms with Crippen molar-refractivity contribution < 1.29 is 5.11 Å². The van der Waals surface area contributed by atoms with Crippen LogP contribution in [0.2, 0.25) is 5.02 Å². The summed E-state index contributed by atoms with van der Waals surface area (Å²) in [5.41, 5.74) is 9.18. The van der Waals surface area contributed by atoms with Crippen molar-refractivity contribution in [3.8, 4) is 11.4 Å². The summed E-state index contributed by atoms with van der Waals surface area (Å²) in [5, 5.41) is 19.5. The van der Waals surface area contributed by atoms with Crippen molar-refractivity contribution in [3.63, 3.8) is 0 Å². The first-order chi connectivity index (χ1) is 9.58. The Morgan fingerprint density at radius 3 is 2.70 bits per heavy atom. The molecule has 0 unspecified atom stereocenters. The van der Waals surface area contributed by atoms with Crippen molar-refractivity contribution in [2.24, 2.45) is 5.73 Å². The van der Waals surface area contributed by atoms with Gasteiger partial charge in [0.25, 0.3) is 0 Å². The predicted octanol–water partition coefficient (Wildman–Crippen LogP) is 2.55. The van der Waals surface area contributed by atoms with E-state index >= 15 is 0 Å². The Balaban J connectivity index is 2.22. The highest BCUT2D eigenvalue weighted by Crippen LogP contribution is 2.28. The Hall–Kier alpha value is -2.11.